The van der Waals surface area contributed by atoms with Gasteiger partial charge in [-0.25, -0.2) is 4.79 Å². The SMILES string of the molecule is COC(=O)c1ccc(Br)c(C2CN(c3cc(N)nc(N)n3)CCN2)c1. The summed E-state index contributed by atoms with van der Waals surface area (Å²) in [7, 11) is 1.37. The van der Waals surface area contributed by atoms with Gasteiger partial charge in [0.1, 0.15) is 11.6 Å². The fourth-order valence-electron chi connectivity index (χ4n) is 2.86. The third-order valence-electron chi connectivity index (χ3n) is 4.04. The number of rotatable bonds is 3. The predicted molar refractivity (Wildman–Crippen MR) is 99.3 cm³/mol. The molecule has 0 bridgehead atoms. The van der Waals surface area contributed by atoms with E-state index in [0.29, 0.717) is 23.7 Å². The Bertz CT molecular complexity index is 780. The highest BCUT2D eigenvalue weighted by Crippen LogP contribution is 2.29. The quantitative estimate of drug-likeness (QED) is 0.653. The van der Waals surface area contributed by atoms with Gasteiger partial charge in [-0.05, 0) is 23.8 Å². The second kappa shape index (κ2) is 7.24. The van der Waals surface area contributed by atoms with E-state index in [1.165, 1.54) is 7.11 Å². The monoisotopic (exact) mass is 406 g/mol. The van der Waals surface area contributed by atoms with Crippen molar-refractivity contribution in [1.82, 2.24) is 15.3 Å². The third-order valence-corrected chi connectivity index (χ3v) is 4.76. The van der Waals surface area contributed by atoms with E-state index in [1.807, 2.05) is 12.1 Å². The summed E-state index contributed by atoms with van der Waals surface area (Å²) in [5.41, 5.74) is 13.0. The molecule has 8 nitrogen and oxygen atoms in total. The molecule has 0 amide bonds. The molecule has 0 aliphatic carbocycles. The van der Waals surface area contributed by atoms with Gasteiger partial charge in [-0.15, -0.1) is 0 Å². The zero-order valence-electron chi connectivity index (χ0n) is 13.7. The first kappa shape index (κ1) is 17.4. The molecular formula is C16H19BrN6O2. The molecule has 132 valence electrons. The van der Waals surface area contributed by atoms with E-state index in [-0.39, 0.29) is 18.0 Å². The van der Waals surface area contributed by atoms with Crippen molar-refractivity contribution in [3.8, 4) is 0 Å². The molecule has 25 heavy (non-hydrogen) atoms. The maximum absolute atomic E-state index is 11.8. The molecule has 9 heteroatoms. The van der Waals surface area contributed by atoms with Gasteiger partial charge < -0.3 is 26.4 Å². The van der Waals surface area contributed by atoms with Crippen LogP contribution in [-0.2, 0) is 4.74 Å². The van der Waals surface area contributed by atoms with Crippen molar-refractivity contribution in [2.45, 2.75) is 6.04 Å². The molecule has 0 radical (unpaired) electrons. The number of nitrogens with zero attached hydrogens (tertiary/aromatic N) is 3. The standard InChI is InChI=1S/C16H19BrN6O2/c1-25-15(24)9-2-3-11(17)10(6-9)12-8-23(5-4-20-12)14-7-13(18)21-16(19)22-14/h2-3,6-7,12,20H,4-5,8H2,1H3,(H4,18,19,21,22). The number of nitrogens with two attached hydrogens (primary N) is 2. The van der Waals surface area contributed by atoms with Crippen molar-refractivity contribution in [2.24, 2.45) is 0 Å². The van der Waals surface area contributed by atoms with Crippen LogP contribution in [0.15, 0.2) is 28.7 Å². The van der Waals surface area contributed by atoms with Crippen molar-refractivity contribution in [3.63, 3.8) is 0 Å². The Morgan fingerprint density at radius 3 is 2.88 bits per heavy atom. The molecule has 1 aliphatic rings. The summed E-state index contributed by atoms with van der Waals surface area (Å²) in [6.45, 7) is 2.17. The van der Waals surface area contributed by atoms with Gasteiger partial charge in [0.05, 0.1) is 18.7 Å². The van der Waals surface area contributed by atoms with Gasteiger partial charge in [0.15, 0.2) is 0 Å². The molecule has 3 rings (SSSR count). The van der Waals surface area contributed by atoms with E-state index in [0.717, 1.165) is 23.1 Å². The number of anilines is 3. The van der Waals surface area contributed by atoms with Gasteiger partial charge in [0.2, 0.25) is 5.95 Å². The summed E-state index contributed by atoms with van der Waals surface area (Å²) in [4.78, 5) is 22.1. The first-order valence-electron chi connectivity index (χ1n) is 7.74. The highest BCUT2D eigenvalue weighted by Gasteiger charge is 2.24. The van der Waals surface area contributed by atoms with Crippen LogP contribution >= 0.6 is 15.9 Å². The van der Waals surface area contributed by atoms with Crippen LogP contribution in [0.1, 0.15) is 22.0 Å². The Labute approximate surface area is 153 Å². The third kappa shape index (κ3) is 3.83. The Kier molecular flexibility index (Phi) is 5.05. The lowest BCUT2D eigenvalue weighted by Gasteiger charge is -2.35. The van der Waals surface area contributed by atoms with Crippen molar-refractivity contribution in [1.29, 1.82) is 0 Å². The number of piperazine rings is 1. The number of nitrogen functional groups attached to an aromatic ring is 2. The molecule has 2 heterocycles. The molecule has 0 spiro atoms. The number of aromatic nitrogens is 2. The Balaban J connectivity index is 1.87. The molecule has 2 aromatic rings. The van der Waals surface area contributed by atoms with E-state index in [1.54, 1.807) is 12.1 Å². The van der Waals surface area contributed by atoms with Crippen LogP contribution in [-0.4, -0.2) is 42.7 Å². The van der Waals surface area contributed by atoms with E-state index in [9.17, 15) is 4.79 Å². The van der Waals surface area contributed by atoms with Gasteiger partial charge in [0.25, 0.3) is 0 Å². The fraction of sp³-hybridized carbons (Fsp3) is 0.312. The highest BCUT2D eigenvalue weighted by atomic mass is 79.9. The topological polar surface area (TPSA) is 119 Å². The number of esters is 1. The number of hydrogen-bond acceptors (Lipinski definition) is 8. The number of benzene rings is 1. The zero-order chi connectivity index (χ0) is 18.0. The van der Waals surface area contributed by atoms with Crippen molar-refractivity contribution in [2.75, 3.05) is 43.1 Å². The number of hydrogen-bond donors (Lipinski definition) is 3. The van der Waals surface area contributed by atoms with Gasteiger partial charge in [-0.1, -0.05) is 15.9 Å². The molecular weight excluding hydrogens is 388 g/mol. The summed E-state index contributed by atoms with van der Waals surface area (Å²) in [5.74, 6) is 0.819. The van der Waals surface area contributed by atoms with Gasteiger partial charge >= 0.3 is 5.97 Å². The van der Waals surface area contributed by atoms with Crippen molar-refractivity contribution < 1.29 is 9.53 Å². The second-order valence-corrected chi connectivity index (χ2v) is 6.54. The predicted octanol–water partition coefficient (Wildman–Crippen LogP) is 1.34. The lowest BCUT2D eigenvalue weighted by molar-refractivity contribution is 0.0600. The number of carbonyl (C=O) groups excluding carboxylic acids is 1. The van der Waals surface area contributed by atoms with Crippen LogP contribution in [0.5, 0.6) is 0 Å². The maximum Gasteiger partial charge on any atom is 0.337 e. The number of halogens is 1. The van der Waals surface area contributed by atoms with Crippen LogP contribution in [0, 0.1) is 0 Å². The first-order chi connectivity index (χ1) is 12.0. The lowest BCUT2D eigenvalue weighted by atomic mass is 10.0. The highest BCUT2D eigenvalue weighted by molar-refractivity contribution is 9.10. The number of carbonyl (C=O) groups is 1. The summed E-state index contributed by atoms with van der Waals surface area (Å²) in [5, 5.41) is 3.46. The van der Waals surface area contributed by atoms with Gasteiger partial charge in [0, 0.05) is 30.2 Å². The average molecular weight is 407 g/mol. The normalized spacial score (nSPS) is 17.4. The summed E-state index contributed by atoms with van der Waals surface area (Å²) < 4.78 is 5.72. The number of methoxy groups -OCH3 is 1. The van der Waals surface area contributed by atoms with Crippen LogP contribution < -0.4 is 21.7 Å². The average Bonchev–Trinajstić information content (AvgIpc) is 2.61. The molecule has 1 atom stereocenters. The van der Waals surface area contributed by atoms with Crippen LogP contribution in [0.2, 0.25) is 0 Å². The van der Waals surface area contributed by atoms with E-state index in [4.69, 9.17) is 16.2 Å². The summed E-state index contributed by atoms with van der Waals surface area (Å²) in [6, 6.07) is 7.12. The van der Waals surface area contributed by atoms with E-state index >= 15 is 0 Å². The van der Waals surface area contributed by atoms with E-state index in [2.05, 4.69) is 36.1 Å². The molecule has 1 unspecified atom stereocenters. The summed E-state index contributed by atoms with van der Waals surface area (Å²) in [6.07, 6.45) is 0. The van der Waals surface area contributed by atoms with Crippen molar-refractivity contribution in [3.05, 3.63) is 39.9 Å². The minimum atomic E-state index is -0.363. The lowest BCUT2D eigenvalue weighted by Crippen LogP contribution is -2.46. The Morgan fingerprint density at radius 2 is 2.16 bits per heavy atom. The largest absolute Gasteiger partial charge is 0.465 e. The number of nitrogens with one attached hydrogen (secondary N) is 1. The van der Waals surface area contributed by atoms with Gasteiger partial charge in [-0.2, -0.15) is 9.97 Å². The smallest absolute Gasteiger partial charge is 0.337 e. The molecule has 5 N–H and O–H groups in total. The fourth-order valence-corrected chi connectivity index (χ4v) is 3.38. The minimum Gasteiger partial charge on any atom is -0.465 e. The van der Waals surface area contributed by atoms with Crippen LogP contribution in [0.25, 0.3) is 0 Å². The van der Waals surface area contributed by atoms with Crippen LogP contribution in [0.3, 0.4) is 0 Å². The van der Waals surface area contributed by atoms with Crippen LogP contribution in [0.4, 0.5) is 17.6 Å². The molecule has 1 saturated heterocycles. The first-order valence-corrected chi connectivity index (χ1v) is 8.53. The Morgan fingerprint density at radius 1 is 1.36 bits per heavy atom. The molecule has 1 fully saturated rings. The molecule has 1 aromatic carbocycles. The molecule has 1 aliphatic heterocycles. The number of ether oxygens (including phenoxy) is 1. The zero-order valence-corrected chi connectivity index (χ0v) is 15.3. The maximum atomic E-state index is 11.8. The van der Waals surface area contributed by atoms with E-state index < -0.39 is 0 Å². The second-order valence-electron chi connectivity index (χ2n) is 5.69. The minimum absolute atomic E-state index is 0.00476. The van der Waals surface area contributed by atoms with Gasteiger partial charge in [-0.3, -0.25) is 0 Å². The summed E-state index contributed by atoms with van der Waals surface area (Å²) >= 11 is 3.56. The molecule has 1 aromatic heterocycles. The Hall–Kier alpha value is -2.39. The molecule has 0 saturated carbocycles. The van der Waals surface area contributed by atoms with Crippen molar-refractivity contribution >= 4 is 39.5 Å².